The average Bonchev–Trinajstić information content (AvgIpc) is 3.69. The summed E-state index contributed by atoms with van der Waals surface area (Å²) in [6.45, 7) is 6.95. The summed E-state index contributed by atoms with van der Waals surface area (Å²) in [5.41, 5.74) is 4.12. The molecule has 1 aromatic heterocycles. The van der Waals surface area contributed by atoms with Gasteiger partial charge in [0.1, 0.15) is 18.1 Å². The van der Waals surface area contributed by atoms with Gasteiger partial charge in [0.25, 0.3) is 5.78 Å². The summed E-state index contributed by atoms with van der Waals surface area (Å²) in [7, 11) is 0. The fourth-order valence-corrected chi connectivity index (χ4v) is 7.20. The first-order valence-corrected chi connectivity index (χ1v) is 17.7. The molecule has 49 heavy (non-hydrogen) atoms. The topological polar surface area (TPSA) is 111 Å². The Bertz CT molecular complexity index is 1960. The minimum Gasteiger partial charge on any atom is -0.507 e. The molecule has 1 fully saturated rings. The zero-order valence-corrected chi connectivity index (χ0v) is 28.9. The van der Waals surface area contributed by atoms with E-state index in [9.17, 15) is 14.7 Å². The van der Waals surface area contributed by atoms with Crippen LogP contribution >= 0.6 is 23.1 Å². The number of aliphatic hydroxyl groups is 1. The molecule has 0 aliphatic carbocycles. The van der Waals surface area contributed by atoms with E-state index >= 15 is 0 Å². The van der Waals surface area contributed by atoms with Gasteiger partial charge >= 0.3 is 5.91 Å². The fourth-order valence-electron chi connectivity index (χ4n) is 5.38. The summed E-state index contributed by atoms with van der Waals surface area (Å²) < 4.78 is 18.3. The molecule has 1 saturated heterocycles. The smallest absolute Gasteiger partial charge is 0.301 e. The lowest BCUT2D eigenvalue weighted by atomic mass is 9.95. The van der Waals surface area contributed by atoms with E-state index in [1.807, 2.05) is 51.1 Å². The number of thioether (sulfide) groups is 1. The van der Waals surface area contributed by atoms with Crippen LogP contribution in [0, 0.1) is 6.92 Å². The number of ether oxygens (including phenoxy) is 3. The van der Waals surface area contributed by atoms with Crippen LogP contribution in [0.1, 0.15) is 47.7 Å². The minimum absolute atomic E-state index is 0.0707. The van der Waals surface area contributed by atoms with Gasteiger partial charge in [-0.25, -0.2) is 0 Å². The van der Waals surface area contributed by atoms with Crippen molar-refractivity contribution in [3.05, 3.63) is 130 Å². The number of anilines is 1. The molecule has 4 aromatic carbocycles. The van der Waals surface area contributed by atoms with Gasteiger partial charge in [0.15, 0.2) is 15.8 Å². The van der Waals surface area contributed by atoms with E-state index in [4.69, 9.17) is 14.2 Å². The maximum Gasteiger partial charge on any atom is 0.301 e. The lowest BCUT2D eigenvalue weighted by molar-refractivity contribution is -0.132. The molecule has 0 saturated carbocycles. The molecule has 1 aliphatic rings. The molecule has 1 amide bonds. The van der Waals surface area contributed by atoms with Crippen LogP contribution in [0.4, 0.5) is 5.13 Å². The lowest BCUT2D eigenvalue weighted by Crippen LogP contribution is -2.29. The molecule has 1 N–H and O–H groups in total. The van der Waals surface area contributed by atoms with Crippen molar-refractivity contribution in [2.24, 2.45) is 0 Å². The number of aliphatic hydroxyl groups excluding tert-OH is 1. The van der Waals surface area contributed by atoms with Crippen molar-refractivity contribution in [2.45, 2.75) is 43.5 Å². The number of rotatable bonds is 13. The SMILES string of the molecule is CCOc1ccc(C(O)=C2C(=O)C(=O)N(c3nnc(SCc4ccc(C)cc4)s3)C2c2ccc(OCc3ccccc3)c(OCC)c2)cc1. The predicted molar refractivity (Wildman–Crippen MR) is 191 cm³/mol. The Balaban J connectivity index is 1.39. The van der Waals surface area contributed by atoms with Gasteiger partial charge in [-0.2, -0.15) is 0 Å². The Kier molecular flexibility index (Phi) is 10.6. The molecule has 11 heteroatoms. The number of Topliss-reactive ketones (excluding diaryl/α,β-unsaturated/α-hetero) is 1. The maximum absolute atomic E-state index is 13.8. The number of hydrogen-bond donors (Lipinski definition) is 1. The van der Waals surface area contributed by atoms with Crippen LogP contribution in [0.25, 0.3) is 5.76 Å². The third kappa shape index (κ3) is 7.63. The monoisotopic (exact) mass is 693 g/mol. The van der Waals surface area contributed by atoms with Crippen molar-refractivity contribution in [1.29, 1.82) is 0 Å². The molecule has 5 aromatic rings. The van der Waals surface area contributed by atoms with Crippen molar-refractivity contribution >= 4 is 45.7 Å². The average molecular weight is 694 g/mol. The molecule has 0 radical (unpaired) electrons. The Labute approximate surface area is 293 Å². The Morgan fingerprint density at radius 3 is 2.29 bits per heavy atom. The molecule has 0 spiro atoms. The number of benzene rings is 4. The summed E-state index contributed by atoms with van der Waals surface area (Å²) in [6, 6.07) is 29.0. The number of aryl methyl sites for hydroxylation is 1. The summed E-state index contributed by atoms with van der Waals surface area (Å²) in [6.07, 6.45) is 0. The first kappa shape index (κ1) is 33.8. The number of carbonyl (C=O) groups is 2. The zero-order chi connectivity index (χ0) is 34.3. The number of amides is 1. The highest BCUT2D eigenvalue weighted by Crippen LogP contribution is 2.46. The molecule has 2 heterocycles. The highest BCUT2D eigenvalue weighted by atomic mass is 32.2. The van der Waals surface area contributed by atoms with Crippen LogP contribution in [0.5, 0.6) is 17.2 Å². The van der Waals surface area contributed by atoms with E-state index in [2.05, 4.69) is 34.5 Å². The zero-order valence-electron chi connectivity index (χ0n) is 27.3. The van der Waals surface area contributed by atoms with Gasteiger partial charge in [0.05, 0.1) is 24.8 Å². The molecule has 9 nitrogen and oxygen atoms in total. The molecule has 250 valence electrons. The van der Waals surface area contributed by atoms with Crippen molar-refractivity contribution in [3.8, 4) is 17.2 Å². The van der Waals surface area contributed by atoms with E-state index < -0.39 is 17.7 Å². The van der Waals surface area contributed by atoms with E-state index in [-0.39, 0.29) is 16.5 Å². The van der Waals surface area contributed by atoms with Crippen LogP contribution in [0.3, 0.4) is 0 Å². The summed E-state index contributed by atoms with van der Waals surface area (Å²) in [5, 5.41) is 20.6. The predicted octanol–water partition coefficient (Wildman–Crippen LogP) is 8.14. The standard InChI is InChI=1S/C38H35N3O6S2/c1-4-45-29-18-15-27(16-19-29)34(42)32-33(28-17-20-30(31(21-28)46-5-2)47-22-25-9-7-6-8-10-25)41(36(44)35(32)43)37-39-40-38(49-37)48-23-26-13-11-24(3)12-14-26/h6-21,33,42H,4-5,22-23H2,1-3H3. The second-order valence-electron chi connectivity index (χ2n) is 11.2. The second-order valence-corrected chi connectivity index (χ2v) is 13.3. The first-order chi connectivity index (χ1) is 23.9. The molecule has 1 unspecified atom stereocenters. The number of carbonyl (C=O) groups excluding carboxylic acids is 2. The summed E-state index contributed by atoms with van der Waals surface area (Å²) in [4.78, 5) is 28.9. The third-order valence-corrected chi connectivity index (χ3v) is 9.92. The molecular formula is C38H35N3O6S2. The second kappa shape index (κ2) is 15.4. The highest BCUT2D eigenvalue weighted by molar-refractivity contribution is 8.00. The van der Waals surface area contributed by atoms with E-state index in [1.165, 1.54) is 33.6 Å². The van der Waals surface area contributed by atoms with Gasteiger partial charge in [0.2, 0.25) is 5.13 Å². The lowest BCUT2D eigenvalue weighted by Gasteiger charge is -2.23. The van der Waals surface area contributed by atoms with Crippen LogP contribution < -0.4 is 19.1 Å². The van der Waals surface area contributed by atoms with Gasteiger partial charge in [-0.15, -0.1) is 10.2 Å². The molecule has 1 aliphatic heterocycles. The third-order valence-electron chi connectivity index (χ3n) is 7.79. The summed E-state index contributed by atoms with van der Waals surface area (Å²) in [5.74, 6) is 0.270. The Morgan fingerprint density at radius 1 is 0.837 bits per heavy atom. The molecular weight excluding hydrogens is 659 g/mol. The Hall–Kier alpha value is -5.13. The van der Waals surface area contributed by atoms with Crippen molar-refractivity contribution < 1.29 is 28.9 Å². The van der Waals surface area contributed by atoms with Crippen LogP contribution in [0.2, 0.25) is 0 Å². The Morgan fingerprint density at radius 2 is 1.57 bits per heavy atom. The molecule has 1 atom stereocenters. The van der Waals surface area contributed by atoms with Crippen LogP contribution in [0.15, 0.2) is 107 Å². The highest BCUT2D eigenvalue weighted by Gasteiger charge is 2.48. The first-order valence-electron chi connectivity index (χ1n) is 15.9. The van der Waals surface area contributed by atoms with E-state index in [0.717, 1.165) is 11.1 Å². The van der Waals surface area contributed by atoms with Crippen LogP contribution in [-0.4, -0.2) is 40.2 Å². The van der Waals surface area contributed by atoms with Crippen molar-refractivity contribution in [3.63, 3.8) is 0 Å². The maximum atomic E-state index is 13.8. The van der Waals surface area contributed by atoms with Gasteiger partial charge in [-0.3, -0.25) is 14.5 Å². The van der Waals surface area contributed by atoms with E-state index in [1.54, 1.807) is 42.5 Å². The quantitative estimate of drug-likeness (QED) is 0.0430. The van der Waals surface area contributed by atoms with Gasteiger partial charge in [0, 0.05) is 11.3 Å². The molecule has 6 rings (SSSR count). The summed E-state index contributed by atoms with van der Waals surface area (Å²) >= 11 is 2.71. The van der Waals surface area contributed by atoms with Crippen LogP contribution in [-0.2, 0) is 21.9 Å². The number of aromatic nitrogens is 2. The normalized spacial score (nSPS) is 15.4. The van der Waals surface area contributed by atoms with Crippen molar-refractivity contribution in [1.82, 2.24) is 10.2 Å². The largest absolute Gasteiger partial charge is 0.507 e. The van der Waals surface area contributed by atoms with Crippen molar-refractivity contribution in [2.75, 3.05) is 18.1 Å². The van der Waals surface area contributed by atoms with Gasteiger partial charge in [-0.1, -0.05) is 89.3 Å². The fraction of sp³-hybridized carbons (Fsp3) is 0.211. The molecule has 0 bridgehead atoms. The number of ketones is 1. The number of nitrogens with zero attached hydrogens (tertiary/aromatic N) is 3. The van der Waals surface area contributed by atoms with E-state index in [0.29, 0.717) is 58.3 Å². The minimum atomic E-state index is -1.02. The van der Waals surface area contributed by atoms with Gasteiger partial charge < -0.3 is 19.3 Å². The van der Waals surface area contributed by atoms with Gasteiger partial charge in [-0.05, 0) is 73.9 Å². The number of hydrogen-bond acceptors (Lipinski definition) is 10.